The van der Waals surface area contributed by atoms with Gasteiger partial charge in [-0.1, -0.05) is 0 Å². The van der Waals surface area contributed by atoms with Crippen LogP contribution in [0.15, 0.2) is 18.2 Å². The Bertz CT molecular complexity index is 442. The van der Waals surface area contributed by atoms with Crippen molar-refractivity contribution in [1.29, 1.82) is 0 Å². The van der Waals surface area contributed by atoms with E-state index in [2.05, 4.69) is 10.6 Å². The number of halogens is 1. The minimum absolute atomic E-state index is 0.0181. The molecule has 1 aliphatic heterocycles. The molecule has 0 radical (unpaired) electrons. The zero-order valence-electron chi connectivity index (χ0n) is 11.3. The van der Waals surface area contributed by atoms with Crippen molar-refractivity contribution in [3.63, 3.8) is 0 Å². The van der Waals surface area contributed by atoms with Crippen LogP contribution in [0.1, 0.15) is 31.2 Å². The van der Waals surface area contributed by atoms with E-state index >= 15 is 0 Å². The maximum atomic E-state index is 13.1. The van der Waals surface area contributed by atoms with E-state index in [1.807, 2.05) is 0 Å². The summed E-state index contributed by atoms with van der Waals surface area (Å²) >= 11 is 0. The molecule has 1 aliphatic rings. The molecule has 1 fully saturated rings. The fraction of sp³-hybridized carbons (Fsp3) is 0.533. The van der Waals surface area contributed by atoms with Gasteiger partial charge in [0.05, 0.1) is 0 Å². The van der Waals surface area contributed by atoms with Gasteiger partial charge < -0.3 is 10.6 Å². The highest BCUT2D eigenvalue weighted by atomic mass is 19.1. The number of rotatable bonds is 4. The largest absolute Gasteiger partial charge is 0.326 e. The highest BCUT2D eigenvalue weighted by molar-refractivity contribution is 5.90. The topological polar surface area (TPSA) is 41.1 Å². The molecule has 1 saturated heterocycles. The number of anilines is 1. The molecular formula is C15H21FN2O. The van der Waals surface area contributed by atoms with Gasteiger partial charge >= 0.3 is 0 Å². The van der Waals surface area contributed by atoms with Crippen molar-refractivity contribution < 1.29 is 9.18 Å². The first-order valence-electron chi connectivity index (χ1n) is 6.92. The molecule has 0 saturated carbocycles. The predicted molar refractivity (Wildman–Crippen MR) is 74.6 cm³/mol. The van der Waals surface area contributed by atoms with Gasteiger partial charge in [0.25, 0.3) is 0 Å². The van der Waals surface area contributed by atoms with E-state index in [0.717, 1.165) is 32.4 Å². The number of hydrogen-bond acceptors (Lipinski definition) is 2. The second kappa shape index (κ2) is 6.66. The minimum Gasteiger partial charge on any atom is -0.326 e. The molecule has 19 heavy (non-hydrogen) atoms. The van der Waals surface area contributed by atoms with Crippen molar-refractivity contribution in [3.05, 3.63) is 29.6 Å². The van der Waals surface area contributed by atoms with Crippen molar-refractivity contribution in [2.24, 2.45) is 5.92 Å². The van der Waals surface area contributed by atoms with Crippen LogP contribution in [0, 0.1) is 18.7 Å². The van der Waals surface area contributed by atoms with E-state index in [1.54, 1.807) is 19.1 Å². The Kier molecular flexibility index (Phi) is 4.91. The highest BCUT2D eigenvalue weighted by Crippen LogP contribution is 2.19. The smallest absolute Gasteiger partial charge is 0.224 e. The number of aryl methyl sites for hydroxylation is 1. The number of piperidine rings is 1. The Morgan fingerprint density at radius 3 is 2.84 bits per heavy atom. The lowest BCUT2D eigenvalue weighted by Gasteiger charge is -2.22. The lowest BCUT2D eigenvalue weighted by Crippen LogP contribution is -2.28. The summed E-state index contributed by atoms with van der Waals surface area (Å²) in [6.45, 7) is 3.81. The summed E-state index contributed by atoms with van der Waals surface area (Å²) in [5, 5.41) is 6.15. The maximum absolute atomic E-state index is 13.1. The maximum Gasteiger partial charge on any atom is 0.224 e. The molecule has 104 valence electrons. The Labute approximate surface area is 113 Å². The van der Waals surface area contributed by atoms with Crippen LogP contribution in [0.3, 0.4) is 0 Å². The molecule has 0 unspecified atom stereocenters. The van der Waals surface area contributed by atoms with E-state index < -0.39 is 0 Å². The molecule has 1 amide bonds. The Morgan fingerprint density at radius 2 is 2.16 bits per heavy atom. The SMILES string of the molecule is Cc1cc(NC(=O)CCC2CCNCC2)ccc1F. The molecule has 1 heterocycles. The summed E-state index contributed by atoms with van der Waals surface area (Å²) in [6.07, 6.45) is 3.79. The molecular weight excluding hydrogens is 243 g/mol. The molecule has 0 aromatic heterocycles. The fourth-order valence-corrected chi connectivity index (χ4v) is 2.45. The van der Waals surface area contributed by atoms with E-state index in [4.69, 9.17) is 0 Å². The zero-order chi connectivity index (χ0) is 13.7. The molecule has 0 bridgehead atoms. The molecule has 2 rings (SSSR count). The van der Waals surface area contributed by atoms with Crippen LogP contribution in [0.4, 0.5) is 10.1 Å². The number of amides is 1. The Balaban J connectivity index is 1.78. The second-order valence-electron chi connectivity index (χ2n) is 5.24. The standard InChI is InChI=1S/C15H21FN2O/c1-11-10-13(3-4-14(11)16)18-15(19)5-2-12-6-8-17-9-7-12/h3-4,10,12,17H,2,5-9H2,1H3,(H,18,19). The highest BCUT2D eigenvalue weighted by Gasteiger charge is 2.14. The van der Waals surface area contributed by atoms with Crippen LogP contribution in [0.5, 0.6) is 0 Å². The van der Waals surface area contributed by atoms with E-state index in [0.29, 0.717) is 23.6 Å². The number of hydrogen-bond donors (Lipinski definition) is 2. The van der Waals surface area contributed by atoms with Crippen molar-refractivity contribution in [3.8, 4) is 0 Å². The lowest BCUT2D eigenvalue weighted by molar-refractivity contribution is -0.116. The molecule has 4 heteroatoms. The van der Waals surface area contributed by atoms with Gasteiger partial charge in [0, 0.05) is 12.1 Å². The van der Waals surface area contributed by atoms with Crippen molar-refractivity contribution in [2.45, 2.75) is 32.6 Å². The van der Waals surface area contributed by atoms with Crippen LogP contribution >= 0.6 is 0 Å². The van der Waals surface area contributed by atoms with Gasteiger partial charge in [-0.15, -0.1) is 0 Å². The van der Waals surface area contributed by atoms with Gasteiger partial charge in [-0.25, -0.2) is 4.39 Å². The summed E-state index contributed by atoms with van der Waals surface area (Å²) in [6, 6.07) is 4.65. The Hall–Kier alpha value is -1.42. The molecule has 1 aromatic carbocycles. The third kappa shape index (κ3) is 4.31. The van der Waals surface area contributed by atoms with Crippen molar-refractivity contribution in [2.75, 3.05) is 18.4 Å². The van der Waals surface area contributed by atoms with Gasteiger partial charge in [0.2, 0.25) is 5.91 Å². The van der Waals surface area contributed by atoms with Crippen LogP contribution in [-0.4, -0.2) is 19.0 Å². The average Bonchev–Trinajstić information content (AvgIpc) is 2.42. The van der Waals surface area contributed by atoms with Gasteiger partial charge in [-0.2, -0.15) is 0 Å². The van der Waals surface area contributed by atoms with E-state index in [1.165, 1.54) is 6.07 Å². The molecule has 3 nitrogen and oxygen atoms in total. The molecule has 0 atom stereocenters. The molecule has 0 spiro atoms. The van der Waals surface area contributed by atoms with Gasteiger partial charge in [0.1, 0.15) is 5.82 Å². The first-order chi connectivity index (χ1) is 9.15. The predicted octanol–water partition coefficient (Wildman–Crippen LogP) is 2.85. The summed E-state index contributed by atoms with van der Waals surface area (Å²) < 4.78 is 13.1. The van der Waals surface area contributed by atoms with E-state index in [9.17, 15) is 9.18 Å². The monoisotopic (exact) mass is 264 g/mol. The third-order valence-corrected chi connectivity index (χ3v) is 3.68. The summed E-state index contributed by atoms with van der Waals surface area (Å²) in [5.41, 5.74) is 1.23. The average molecular weight is 264 g/mol. The summed E-state index contributed by atoms with van der Waals surface area (Å²) in [4.78, 5) is 11.8. The lowest BCUT2D eigenvalue weighted by atomic mass is 9.93. The second-order valence-corrected chi connectivity index (χ2v) is 5.24. The Morgan fingerprint density at radius 1 is 1.42 bits per heavy atom. The number of carbonyl (C=O) groups is 1. The number of nitrogens with one attached hydrogen (secondary N) is 2. The molecule has 1 aromatic rings. The van der Waals surface area contributed by atoms with Gasteiger partial charge in [0.15, 0.2) is 0 Å². The number of carbonyl (C=O) groups excluding carboxylic acids is 1. The zero-order valence-corrected chi connectivity index (χ0v) is 11.3. The molecule has 0 aliphatic carbocycles. The van der Waals surface area contributed by atoms with Crippen molar-refractivity contribution in [1.82, 2.24) is 5.32 Å². The molecule has 2 N–H and O–H groups in total. The third-order valence-electron chi connectivity index (χ3n) is 3.68. The van der Waals surface area contributed by atoms with Crippen LogP contribution in [-0.2, 0) is 4.79 Å². The quantitative estimate of drug-likeness (QED) is 0.878. The first kappa shape index (κ1) is 14.0. The van der Waals surface area contributed by atoms with Gasteiger partial charge in [-0.05, 0) is 69.0 Å². The summed E-state index contributed by atoms with van der Waals surface area (Å²) in [7, 11) is 0. The minimum atomic E-state index is -0.243. The summed E-state index contributed by atoms with van der Waals surface area (Å²) in [5.74, 6) is 0.430. The van der Waals surface area contributed by atoms with E-state index in [-0.39, 0.29) is 11.7 Å². The number of benzene rings is 1. The fourth-order valence-electron chi connectivity index (χ4n) is 2.45. The van der Waals surface area contributed by atoms with Crippen molar-refractivity contribution >= 4 is 11.6 Å². The first-order valence-corrected chi connectivity index (χ1v) is 6.92. The van der Waals surface area contributed by atoms with Crippen LogP contribution in [0.25, 0.3) is 0 Å². The van der Waals surface area contributed by atoms with Crippen LogP contribution < -0.4 is 10.6 Å². The van der Waals surface area contributed by atoms with Crippen LogP contribution in [0.2, 0.25) is 0 Å². The van der Waals surface area contributed by atoms with Gasteiger partial charge in [-0.3, -0.25) is 4.79 Å². The normalized spacial score (nSPS) is 16.3.